The lowest BCUT2D eigenvalue weighted by molar-refractivity contribution is -0.119. The summed E-state index contributed by atoms with van der Waals surface area (Å²) < 4.78 is 0. The van der Waals surface area contributed by atoms with Crippen LogP contribution in [0.2, 0.25) is 0 Å². The van der Waals surface area contributed by atoms with E-state index in [2.05, 4.69) is 51.9 Å². The minimum atomic E-state index is 0. The first-order valence-corrected chi connectivity index (χ1v) is 6.33. The van der Waals surface area contributed by atoms with Crippen molar-refractivity contribution in [2.75, 3.05) is 0 Å². The molecule has 0 aliphatic heterocycles. The van der Waals surface area contributed by atoms with Gasteiger partial charge in [-0.15, -0.1) is 0 Å². The number of hydrogen-bond acceptors (Lipinski definition) is 1. The summed E-state index contributed by atoms with van der Waals surface area (Å²) in [7, 11) is 0. The number of carbonyl (C=O) groups excluding carboxylic acids is 1. The zero-order valence-corrected chi connectivity index (χ0v) is 12.0. The number of fused-ring (bicyclic) bond motifs is 1. The van der Waals surface area contributed by atoms with E-state index in [1.54, 1.807) is 6.92 Å². The molecule has 100 valence electrons. The first-order chi connectivity index (χ1) is 8.16. The second kappa shape index (κ2) is 7.93. The molecule has 0 fully saturated rings. The fraction of sp³-hybridized carbons (Fsp3) is 0.214. The van der Waals surface area contributed by atoms with Gasteiger partial charge in [0, 0.05) is 6.92 Å². The third-order valence-electron chi connectivity index (χ3n) is 2.71. The third-order valence-corrected chi connectivity index (χ3v) is 3.11. The van der Waals surface area contributed by atoms with Crippen LogP contribution in [-0.2, 0) is 11.2 Å². The number of nitrogens with one attached hydrogen (secondary N) is 1. The van der Waals surface area contributed by atoms with E-state index in [0.717, 1.165) is 6.42 Å². The zero-order valence-electron chi connectivity index (χ0n) is 10.8. The highest BCUT2D eigenvalue weighted by molar-refractivity contribution is 6.13. The molecule has 2 rings (SSSR count). The average Bonchev–Trinajstić information content (AvgIpc) is 2.28. The molecule has 1 atom stereocenters. The first-order valence-electron chi connectivity index (χ1n) is 5.66. The largest absolute Gasteiger partial charge is 0.412 e. The van der Waals surface area contributed by atoms with Crippen molar-refractivity contribution in [1.29, 1.82) is 0 Å². The van der Waals surface area contributed by atoms with Gasteiger partial charge in [0.25, 0.3) is 0 Å². The van der Waals surface area contributed by atoms with Gasteiger partial charge in [0.2, 0.25) is 5.91 Å². The number of hydrogen-bond donors (Lipinski definition) is 1. The van der Waals surface area contributed by atoms with Crippen LogP contribution >= 0.6 is 0 Å². The van der Waals surface area contributed by atoms with Gasteiger partial charge in [0.1, 0.15) is 0 Å². The maximum atomic E-state index is 11.0. The predicted molar refractivity (Wildman–Crippen MR) is 78.2 cm³/mol. The molecule has 0 spiro atoms. The highest BCUT2D eigenvalue weighted by Gasteiger charge is 2.06. The van der Waals surface area contributed by atoms with E-state index >= 15 is 0 Å². The Morgan fingerprint density at radius 1 is 1.16 bits per heavy atom. The van der Waals surface area contributed by atoms with E-state index in [-0.39, 0.29) is 21.8 Å². The first kappa shape index (κ1) is 17.6. The molecular weight excluding hydrogens is 257 g/mol. The SMILES string of the molecule is CC(=O)N[C@H]([Al])Cc1cccc2ccccc12.O.O. The third kappa shape index (κ3) is 4.66. The van der Waals surface area contributed by atoms with Crippen molar-refractivity contribution in [3.05, 3.63) is 48.0 Å². The van der Waals surface area contributed by atoms with Crippen LogP contribution in [0.25, 0.3) is 10.8 Å². The molecule has 5 N–H and O–H groups in total. The Morgan fingerprint density at radius 2 is 1.79 bits per heavy atom. The van der Waals surface area contributed by atoms with E-state index in [4.69, 9.17) is 0 Å². The van der Waals surface area contributed by atoms with Crippen LogP contribution in [-0.4, -0.2) is 38.1 Å². The molecule has 1 amide bonds. The van der Waals surface area contributed by atoms with E-state index in [0.29, 0.717) is 0 Å². The van der Waals surface area contributed by atoms with Crippen LogP contribution in [0.15, 0.2) is 42.5 Å². The summed E-state index contributed by atoms with van der Waals surface area (Å²) in [4.78, 5) is 11.1. The number of carbonyl (C=O) groups is 1. The van der Waals surface area contributed by atoms with Gasteiger partial charge in [-0.1, -0.05) is 42.5 Å². The highest BCUT2D eigenvalue weighted by Crippen LogP contribution is 2.19. The highest BCUT2D eigenvalue weighted by atomic mass is 27.0. The minimum Gasteiger partial charge on any atom is -0.412 e. The molecule has 0 heterocycles. The normalized spacial score (nSPS) is 11.0. The maximum Gasteiger partial charge on any atom is 0.215 e. The van der Waals surface area contributed by atoms with E-state index < -0.39 is 0 Å². The van der Waals surface area contributed by atoms with Gasteiger partial charge in [-0.05, 0) is 27.7 Å². The number of amides is 1. The molecule has 0 aromatic heterocycles. The van der Waals surface area contributed by atoms with Crippen molar-refractivity contribution in [2.45, 2.75) is 18.2 Å². The van der Waals surface area contributed by atoms with Crippen LogP contribution < -0.4 is 5.32 Å². The van der Waals surface area contributed by atoms with Crippen molar-refractivity contribution in [3.63, 3.8) is 0 Å². The van der Waals surface area contributed by atoms with Gasteiger partial charge in [0.15, 0.2) is 16.3 Å². The standard InChI is InChI=1S/C14H14NO.Al.2H2O/c1-11(16)15-10-9-13-7-4-6-12-5-2-3-8-14(12)13;;;/h2-8,10H,9H2,1H3,(H,15,16);;2*1H2. The van der Waals surface area contributed by atoms with Gasteiger partial charge in [-0.3, -0.25) is 4.79 Å². The van der Waals surface area contributed by atoms with Gasteiger partial charge in [-0.25, -0.2) is 0 Å². The molecule has 0 bridgehead atoms. The van der Waals surface area contributed by atoms with Crippen molar-refractivity contribution in [1.82, 2.24) is 5.32 Å². The topological polar surface area (TPSA) is 92.1 Å². The fourth-order valence-corrected chi connectivity index (χ4v) is 2.51. The summed E-state index contributed by atoms with van der Waals surface area (Å²) in [5.41, 5.74) is 1.26. The quantitative estimate of drug-likeness (QED) is 0.805. The van der Waals surface area contributed by atoms with Crippen LogP contribution in [0.4, 0.5) is 0 Å². The van der Waals surface area contributed by atoms with Gasteiger partial charge in [-0.2, -0.15) is 0 Å². The summed E-state index contributed by atoms with van der Waals surface area (Å²) in [5, 5.41) is 5.38. The molecule has 0 aliphatic carbocycles. The molecule has 0 aliphatic rings. The molecule has 0 saturated heterocycles. The lowest BCUT2D eigenvalue weighted by Gasteiger charge is -2.15. The molecular formula is C14H18AlNO3. The molecule has 2 aromatic rings. The Labute approximate surface area is 120 Å². The molecule has 4 nitrogen and oxygen atoms in total. The molecule has 5 heteroatoms. The number of rotatable bonds is 3. The second-order valence-electron chi connectivity index (χ2n) is 4.15. The summed E-state index contributed by atoms with van der Waals surface area (Å²) >= 11 is 2.67. The minimum absolute atomic E-state index is 0. The van der Waals surface area contributed by atoms with Crippen molar-refractivity contribution in [2.24, 2.45) is 0 Å². The average molecular weight is 275 g/mol. The second-order valence-corrected chi connectivity index (χ2v) is 4.95. The van der Waals surface area contributed by atoms with E-state index in [9.17, 15) is 4.79 Å². The van der Waals surface area contributed by atoms with Crippen molar-refractivity contribution in [3.8, 4) is 0 Å². The smallest absolute Gasteiger partial charge is 0.215 e. The van der Waals surface area contributed by atoms with Crippen LogP contribution in [0.5, 0.6) is 0 Å². The van der Waals surface area contributed by atoms with E-state index in [1.807, 2.05) is 12.1 Å². The van der Waals surface area contributed by atoms with Gasteiger partial charge in [0.05, 0.1) is 0 Å². The molecule has 0 saturated carbocycles. The van der Waals surface area contributed by atoms with Gasteiger partial charge >= 0.3 is 0 Å². The molecule has 19 heavy (non-hydrogen) atoms. The van der Waals surface area contributed by atoms with E-state index in [1.165, 1.54) is 16.3 Å². The summed E-state index contributed by atoms with van der Waals surface area (Å²) in [6.45, 7) is 1.54. The Bertz CT molecular complexity index is 540. The Hall–Kier alpha value is -1.38. The van der Waals surface area contributed by atoms with Gasteiger partial charge < -0.3 is 16.3 Å². The Kier molecular flexibility index (Phi) is 7.35. The van der Waals surface area contributed by atoms with Crippen molar-refractivity contribution >= 4 is 33.0 Å². The fourth-order valence-electron chi connectivity index (χ4n) is 2.02. The zero-order chi connectivity index (χ0) is 12.3. The van der Waals surface area contributed by atoms with Crippen molar-refractivity contribution < 1.29 is 15.7 Å². The summed E-state index contributed by atoms with van der Waals surface area (Å²) in [6, 6.07) is 14.6. The van der Waals surface area contributed by atoms with Crippen LogP contribution in [0.3, 0.4) is 0 Å². The summed E-state index contributed by atoms with van der Waals surface area (Å²) in [6.07, 6.45) is 0.825. The summed E-state index contributed by atoms with van der Waals surface area (Å²) in [5.74, 6) is 0.00485. The van der Waals surface area contributed by atoms with Crippen LogP contribution in [0.1, 0.15) is 12.5 Å². The Balaban J connectivity index is 0.00000162. The molecule has 2 radical (unpaired) electrons. The van der Waals surface area contributed by atoms with Crippen LogP contribution in [0, 0.1) is 0 Å². The number of benzene rings is 2. The maximum absolute atomic E-state index is 11.0. The predicted octanol–water partition coefficient (Wildman–Crippen LogP) is 0.364. The monoisotopic (exact) mass is 275 g/mol. The molecule has 0 unspecified atom stereocenters. The Morgan fingerprint density at radius 3 is 2.47 bits per heavy atom. The molecule has 2 aromatic carbocycles. The lowest BCUT2D eigenvalue weighted by Crippen LogP contribution is -2.35. The lowest BCUT2D eigenvalue weighted by atomic mass is 10.0.